The number of alkyl halides is 1. The molecule has 0 spiro atoms. The predicted octanol–water partition coefficient (Wildman–Crippen LogP) is 4.83. The number of carbonyl (C=O) groups excluding carboxylic acids is 3. The predicted molar refractivity (Wildman–Crippen MR) is 108 cm³/mol. The molecular formula is C16H29ClO8S2. The first-order valence-corrected chi connectivity index (χ1v) is 10.7. The monoisotopic (exact) mass is 448 g/mol. The summed E-state index contributed by atoms with van der Waals surface area (Å²) in [7, 11) is 0. The van der Waals surface area contributed by atoms with Gasteiger partial charge in [-0.3, -0.25) is 9.59 Å². The van der Waals surface area contributed by atoms with E-state index in [1.165, 1.54) is 6.92 Å². The minimum Gasteiger partial charge on any atom is -0.481 e. The molecule has 0 aromatic rings. The van der Waals surface area contributed by atoms with Crippen molar-refractivity contribution in [2.24, 2.45) is 11.8 Å². The Morgan fingerprint density at radius 2 is 1.15 bits per heavy atom. The lowest BCUT2D eigenvalue weighted by Crippen LogP contribution is -2.22. The molecule has 0 rings (SSSR count). The number of halogens is 1. The SMILES string of the molecule is CC(C)C(=O)O.CSC(=O)OC(C)Cl.CSC(=O)OC(C)OC(=O)C(C)C. The molecule has 1 N–H and O–H groups in total. The molecule has 0 aromatic carbocycles. The highest BCUT2D eigenvalue weighted by atomic mass is 35.5. The molecule has 0 saturated heterocycles. The first-order valence-electron chi connectivity index (χ1n) is 7.84. The van der Waals surface area contributed by atoms with E-state index < -0.39 is 23.1 Å². The lowest BCUT2D eigenvalue weighted by molar-refractivity contribution is -0.167. The maximum absolute atomic E-state index is 11.0. The van der Waals surface area contributed by atoms with Crippen LogP contribution in [0.25, 0.3) is 0 Å². The third-order valence-corrected chi connectivity index (χ3v) is 3.05. The molecule has 2 unspecified atom stereocenters. The molecule has 160 valence electrons. The van der Waals surface area contributed by atoms with E-state index in [1.54, 1.807) is 47.1 Å². The fraction of sp³-hybridized carbons (Fsp3) is 0.750. The average molecular weight is 449 g/mol. The minimum atomic E-state index is -0.810. The summed E-state index contributed by atoms with van der Waals surface area (Å²) >= 11 is 7.24. The van der Waals surface area contributed by atoms with Crippen LogP contribution in [-0.4, -0.2) is 52.0 Å². The van der Waals surface area contributed by atoms with Crippen LogP contribution in [0.5, 0.6) is 0 Å². The van der Waals surface area contributed by atoms with Crippen LogP contribution in [-0.2, 0) is 23.8 Å². The van der Waals surface area contributed by atoms with Crippen LogP contribution in [0.2, 0.25) is 0 Å². The second kappa shape index (κ2) is 18.2. The van der Waals surface area contributed by atoms with E-state index in [1.807, 2.05) is 0 Å². The van der Waals surface area contributed by atoms with Gasteiger partial charge in [0, 0.05) is 6.92 Å². The Hall–Kier alpha value is -1.13. The molecule has 11 heteroatoms. The fourth-order valence-electron chi connectivity index (χ4n) is 0.688. The van der Waals surface area contributed by atoms with Crippen molar-refractivity contribution in [2.45, 2.75) is 53.4 Å². The van der Waals surface area contributed by atoms with Crippen LogP contribution < -0.4 is 0 Å². The van der Waals surface area contributed by atoms with E-state index >= 15 is 0 Å². The van der Waals surface area contributed by atoms with Crippen molar-refractivity contribution in [3.63, 3.8) is 0 Å². The first-order chi connectivity index (χ1) is 12.3. The second-order valence-electron chi connectivity index (χ2n) is 5.34. The van der Waals surface area contributed by atoms with Crippen molar-refractivity contribution in [1.82, 2.24) is 0 Å². The largest absolute Gasteiger partial charge is 0.481 e. The molecule has 0 fully saturated rings. The molecule has 0 aromatic heterocycles. The van der Waals surface area contributed by atoms with Crippen LogP contribution in [0.15, 0.2) is 0 Å². The zero-order chi connectivity index (χ0) is 22.2. The Labute approximate surface area is 174 Å². The topological polar surface area (TPSA) is 116 Å². The summed E-state index contributed by atoms with van der Waals surface area (Å²) in [6.07, 6.45) is 2.43. The van der Waals surface area contributed by atoms with Gasteiger partial charge in [0.05, 0.1) is 11.8 Å². The molecule has 0 aliphatic carbocycles. The van der Waals surface area contributed by atoms with Gasteiger partial charge < -0.3 is 19.3 Å². The van der Waals surface area contributed by atoms with E-state index in [4.69, 9.17) is 26.2 Å². The highest BCUT2D eigenvalue weighted by Crippen LogP contribution is 2.07. The highest BCUT2D eigenvalue weighted by molar-refractivity contribution is 8.12. The smallest absolute Gasteiger partial charge is 0.370 e. The quantitative estimate of drug-likeness (QED) is 0.356. The summed E-state index contributed by atoms with van der Waals surface area (Å²) in [4.78, 5) is 41.7. The van der Waals surface area contributed by atoms with Crippen LogP contribution in [0, 0.1) is 11.8 Å². The van der Waals surface area contributed by atoms with Crippen LogP contribution in [0.4, 0.5) is 9.59 Å². The third kappa shape index (κ3) is 24.9. The van der Waals surface area contributed by atoms with Crippen molar-refractivity contribution < 1.29 is 38.5 Å². The van der Waals surface area contributed by atoms with Crippen LogP contribution in [0.3, 0.4) is 0 Å². The number of hydrogen-bond acceptors (Lipinski definition) is 9. The summed E-state index contributed by atoms with van der Waals surface area (Å²) in [5.41, 5.74) is -0.519. The van der Waals surface area contributed by atoms with Gasteiger partial charge in [-0.1, -0.05) is 39.3 Å². The number of carboxylic acids is 1. The molecule has 27 heavy (non-hydrogen) atoms. The van der Waals surface area contributed by atoms with Gasteiger partial charge in [0.2, 0.25) is 6.29 Å². The normalized spacial score (nSPS) is 11.8. The average Bonchev–Trinajstić information content (AvgIpc) is 2.54. The van der Waals surface area contributed by atoms with Crippen molar-refractivity contribution in [3.05, 3.63) is 0 Å². The molecule has 0 aliphatic heterocycles. The Morgan fingerprint density at radius 3 is 1.37 bits per heavy atom. The van der Waals surface area contributed by atoms with Crippen molar-refractivity contribution in [2.75, 3.05) is 12.5 Å². The molecule has 0 amide bonds. The molecule has 2 atom stereocenters. The summed E-state index contributed by atoms with van der Waals surface area (Å²) in [6.45, 7) is 9.81. The van der Waals surface area contributed by atoms with E-state index in [2.05, 4.69) is 4.74 Å². The lowest BCUT2D eigenvalue weighted by Gasteiger charge is -2.14. The Balaban J connectivity index is -0.000000351. The van der Waals surface area contributed by atoms with Gasteiger partial charge >= 0.3 is 22.5 Å². The molecule has 0 saturated carbocycles. The summed E-state index contributed by atoms with van der Waals surface area (Å²) in [5, 5.41) is 7.20. The lowest BCUT2D eigenvalue weighted by atomic mass is 10.2. The number of aliphatic carboxylic acids is 1. The van der Waals surface area contributed by atoms with Gasteiger partial charge in [-0.2, -0.15) is 0 Å². The van der Waals surface area contributed by atoms with Gasteiger partial charge in [-0.05, 0) is 43.0 Å². The van der Waals surface area contributed by atoms with E-state index in [0.717, 1.165) is 23.5 Å². The van der Waals surface area contributed by atoms with Gasteiger partial charge in [0.1, 0.15) is 0 Å². The van der Waals surface area contributed by atoms with E-state index in [-0.39, 0.29) is 23.1 Å². The van der Waals surface area contributed by atoms with Crippen LogP contribution >= 0.6 is 35.1 Å². The number of carboxylic acid groups (broad SMARTS) is 1. The fourth-order valence-corrected chi connectivity index (χ4v) is 1.29. The van der Waals surface area contributed by atoms with Gasteiger partial charge in [-0.15, -0.1) is 0 Å². The molecular weight excluding hydrogens is 420 g/mol. The number of esters is 1. The Morgan fingerprint density at radius 1 is 0.778 bits per heavy atom. The summed E-state index contributed by atoms with van der Waals surface area (Å²) < 4.78 is 14.0. The van der Waals surface area contributed by atoms with Gasteiger partial charge in [-0.25, -0.2) is 9.59 Å². The number of thioether (sulfide) groups is 2. The Kier molecular flexibility index (Phi) is 20.7. The first kappa shape index (κ1) is 30.6. The molecule has 0 heterocycles. The van der Waals surface area contributed by atoms with Crippen molar-refractivity contribution in [1.29, 1.82) is 0 Å². The zero-order valence-electron chi connectivity index (χ0n) is 16.8. The summed E-state index contributed by atoms with van der Waals surface area (Å²) in [5.74, 6) is -1.56. The van der Waals surface area contributed by atoms with Crippen molar-refractivity contribution >= 4 is 57.7 Å². The minimum absolute atomic E-state index is 0.213. The molecule has 0 aliphatic rings. The van der Waals surface area contributed by atoms with Gasteiger partial charge in [0.25, 0.3) is 0 Å². The maximum atomic E-state index is 11.0. The Bertz CT molecular complexity index is 456. The highest BCUT2D eigenvalue weighted by Gasteiger charge is 2.15. The number of ether oxygens (including phenoxy) is 3. The third-order valence-electron chi connectivity index (χ3n) is 2.10. The summed E-state index contributed by atoms with van der Waals surface area (Å²) in [6, 6.07) is 0. The van der Waals surface area contributed by atoms with E-state index in [9.17, 15) is 19.2 Å². The number of hydrogen-bond donors (Lipinski definition) is 1. The number of carbonyl (C=O) groups is 4. The van der Waals surface area contributed by atoms with E-state index in [0.29, 0.717) is 0 Å². The van der Waals surface area contributed by atoms with Crippen LogP contribution in [0.1, 0.15) is 41.5 Å². The molecule has 8 nitrogen and oxygen atoms in total. The molecule has 0 bridgehead atoms. The maximum Gasteiger partial charge on any atom is 0.370 e. The second-order valence-corrected chi connectivity index (χ2v) is 7.44. The zero-order valence-corrected chi connectivity index (χ0v) is 19.2. The standard InChI is InChI=1S/C8H14O4S.C4H7ClO2S.C4H8O2/c1-5(2)7(9)11-6(3)12-8(10)13-4;1-3(5)7-4(6)8-2;1-3(2)4(5)6/h5-6H,1-4H3;3H,1-2H3;3H,1-2H3,(H,5,6). The molecule has 0 radical (unpaired) electrons. The van der Waals surface area contributed by atoms with Crippen molar-refractivity contribution in [3.8, 4) is 0 Å². The number of rotatable bonds is 5. The van der Waals surface area contributed by atoms with Gasteiger partial charge in [0.15, 0.2) is 5.56 Å².